The van der Waals surface area contributed by atoms with Crippen LogP contribution in [0.4, 0.5) is 5.69 Å². The van der Waals surface area contributed by atoms with Gasteiger partial charge in [-0.25, -0.2) is 4.90 Å². The number of carbonyl (C=O) groups excluding carboxylic acids is 2. The SMILES string of the molecule is Cc1ccc(N2C(=O)CC([NH2+]Cc3cccc4ccccc34)C2=O)cc1. The van der Waals surface area contributed by atoms with E-state index in [4.69, 9.17) is 0 Å². The summed E-state index contributed by atoms with van der Waals surface area (Å²) in [7, 11) is 0. The van der Waals surface area contributed by atoms with Gasteiger partial charge in [-0.15, -0.1) is 0 Å². The third-order valence-corrected chi connectivity index (χ3v) is 4.98. The number of fused-ring (bicyclic) bond motifs is 1. The highest BCUT2D eigenvalue weighted by Gasteiger charge is 2.42. The molecule has 1 heterocycles. The Bertz CT molecular complexity index is 974. The highest BCUT2D eigenvalue weighted by molar-refractivity contribution is 6.21. The number of nitrogens with zero attached hydrogens (tertiary/aromatic N) is 1. The van der Waals surface area contributed by atoms with Crippen molar-refractivity contribution in [2.45, 2.75) is 25.9 Å². The first-order chi connectivity index (χ1) is 12.6. The highest BCUT2D eigenvalue weighted by Crippen LogP contribution is 2.22. The lowest BCUT2D eigenvalue weighted by molar-refractivity contribution is -0.689. The molecule has 2 N–H and O–H groups in total. The van der Waals surface area contributed by atoms with Crippen molar-refractivity contribution in [3.05, 3.63) is 77.9 Å². The number of imide groups is 1. The Balaban J connectivity index is 1.51. The maximum Gasteiger partial charge on any atom is 0.292 e. The quantitative estimate of drug-likeness (QED) is 0.739. The van der Waals surface area contributed by atoms with Gasteiger partial charge in [0.2, 0.25) is 5.91 Å². The first-order valence-electron chi connectivity index (χ1n) is 8.87. The van der Waals surface area contributed by atoms with Crippen LogP contribution < -0.4 is 10.2 Å². The molecule has 1 atom stereocenters. The van der Waals surface area contributed by atoms with Crippen LogP contribution in [-0.4, -0.2) is 17.9 Å². The lowest BCUT2D eigenvalue weighted by Gasteiger charge is -2.14. The molecule has 1 aliphatic rings. The average Bonchev–Trinajstić information content (AvgIpc) is 2.94. The standard InChI is InChI=1S/C22H20N2O2/c1-15-9-11-18(12-10-15)24-21(25)13-20(22(24)26)23-14-17-7-4-6-16-5-2-3-8-19(16)17/h2-12,20,23H,13-14H2,1H3/p+1. The molecule has 2 amide bonds. The monoisotopic (exact) mass is 345 g/mol. The first kappa shape index (κ1) is 16.5. The number of hydrogen-bond acceptors (Lipinski definition) is 2. The molecule has 1 unspecified atom stereocenters. The number of nitrogens with two attached hydrogens (primary N) is 1. The molecule has 0 bridgehead atoms. The molecular weight excluding hydrogens is 324 g/mol. The molecule has 0 aromatic heterocycles. The third kappa shape index (κ3) is 3.00. The van der Waals surface area contributed by atoms with Gasteiger partial charge < -0.3 is 5.32 Å². The molecule has 0 saturated carbocycles. The molecule has 130 valence electrons. The van der Waals surface area contributed by atoms with Crippen molar-refractivity contribution in [3.8, 4) is 0 Å². The number of quaternary nitrogens is 1. The summed E-state index contributed by atoms with van der Waals surface area (Å²) in [5.41, 5.74) is 2.94. The Morgan fingerprint density at radius 3 is 2.50 bits per heavy atom. The Hall–Kier alpha value is -2.98. The molecule has 3 aromatic rings. The van der Waals surface area contributed by atoms with E-state index in [1.165, 1.54) is 21.2 Å². The molecule has 3 aromatic carbocycles. The Labute approximate surface area is 152 Å². The second-order valence-corrected chi connectivity index (χ2v) is 6.79. The van der Waals surface area contributed by atoms with Crippen LogP contribution in [0.3, 0.4) is 0 Å². The van der Waals surface area contributed by atoms with Crippen LogP contribution in [0.1, 0.15) is 17.5 Å². The lowest BCUT2D eigenvalue weighted by Crippen LogP contribution is -2.90. The van der Waals surface area contributed by atoms with E-state index in [1.54, 1.807) is 0 Å². The molecule has 0 aliphatic carbocycles. The van der Waals surface area contributed by atoms with Gasteiger partial charge in [0.1, 0.15) is 6.54 Å². The molecule has 4 heteroatoms. The van der Waals surface area contributed by atoms with E-state index in [-0.39, 0.29) is 24.3 Å². The largest absolute Gasteiger partial charge is 0.332 e. The Morgan fingerprint density at radius 1 is 0.962 bits per heavy atom. The van der Waals surface area contributed by atoms with Crippen molar-refractivity contribution < 1.29 is 14.9 Å². The number of anilines is 1. The van der Waals surface area contributed by atoms with E-state index >= 15 is 0 Å². The van der Waals surface area contributed by atoms with Gasteiger partial charge in [-0.1, -0.05) is 60.2 Å². The zero-order chi connectivity index (χ0) is 18.1. The molecule has 4 nitrogen and oxygen atoms in total. The Morgan fingerprint density at radius 2 is 1.69 bits per heavy atom. The molecule has 1 fully saturated rings. The van der Waals surface area contributed by atoms with Crippen LogP contribution in [0.25, 0.3) is 10.8 Å². The predicted molar refractivity (Wildman–Crippen MR) is 102 cm³/mol. The van der Waals surface area contributed by atoms with Gasteiger partial charge in [0.05, 0.1) is 12.1 Å². The van der Waals surface area contributed by atoms with Crippen molar-refractivity contribution in [3.63, 3.8) is 0 Å². The normalized spacial score (nSPS) is 17.3. The minimum absolute atomic E-state index is 0.126. The van der Waals surface area contributed by atoms with Gasteiger partial charge in [-0.05, 0) is 29.8 Å². The number of aryl methyl sites for hydroxylation is 1. The molecule has 1 saturated heterocycles. The zero-order valence-corrected chi connectivity index (χ0v) is 14.7. The molecule has 4 rings (SSSR count). The lowest BCUT2D eigenvalue weighted by atomic mass is 10.0. The number of amides is 2. The number of carbonyl (C=O) groups is 2. The van der Waals surface area contributed by atoms with Gasteiger partial charge in [-0.3, -0.25) is 9.59 Å². The minimum atomic E-state index is -0.359. The highest BCUT2D eigenvalue weighted by atomic mass is 16.2. The van der Waals surface area contributed by atoms with E-state index in [2.05, 4.69) is 24.3 Å². The average molecular weight is 345 g/mol. The summed E-state index contributed by atoms with van der Waals surface area (Å²) in [6.07, 6.45) is 0.247. The van der Waals surface area contributed by atoms with Crippen LogP contribution in [-0.2, 0) is 16.1 Å². The minimum Gasteiger partial charge on any atom is -0.332 e. The summed E-state index contributed by atoms with van der Waals surface area (Å²) >= 11 is 0. The molecule has 26 heavy (non-hydrogen) atoms. The molecule has 0 spiro atoms. The van der Waals surface area contributed by atoms with E-state index in [0.717, 1.165) is 5.56 Å². The van der Waals surface area contributed by atoms with Crippen molar-refractivity contribution in [1.29, 1.82) is 0 Å². The fraction of sp³-hybridized carbons (Fsp3) is 0.182. The summed E-state index contributed by atoms with van der Waals surface area (Å²) in [5.74, 6) is -0.253. The smallest absolute Gasteiger partial charge is 0.292 e. The first-order valence-corrected chi connectivity index (χ1v) is 8.87. The maximum absolute atomic E-state index is 12.8. The molecule has 1 aliphatic heterocycles. The van der Waals surface area contributed by atoms with E-state index in [1.807, 2.05) is 54.7 Å². The summed E-state index contributed by atoms with van der Waals surface area (Å²) in [5, 5.41) is 4.36. The van der Waals surface area contributed by atoms with Crippen LogP contribution in [0.2, 0.25) is 0 Å². The second-order valence-electron chi connectivity index (χ2n) is 6.79. The fourth-order valence-electron chi connectivity index (χ4n) is 3.54. The predicted octanol–water partition coefficient (Wildman–Crippen LogP) is 2.54. The van der Waals surface area contributed by atoms with Gasteiger partial charge >= 0.3 is 0 Å². The number of rotatable bonds is 4. The van der Waals surface area contributed by atoms with Crippen LogP contribution in [0.5, 0.6) is 0 Å². The van der Waals surface area contributed by atoms with Crippen molar-refractivity contribution >= 4 is 28.3 Å². The molecular formula is C22H21N2O2+. The van der Waals surface area contributed by atoms with Crippen molar-refractivity contribution in [2.24, 2.45) is 0 Å². The summed E-state index contributed by atoms with van der Waals surface area (Å²) < 4.78 is 0. The summed E-state index contributed by atoms with van der Waals surface area (Å²) in [6.45, 7) is 2.66. The summed E-state index contributed by atoms with van der Waals surface area (Å²) in [6, 6.07) is 21.6. The topological polar surface area (TPSA) is 54.0 Å². The number of hydrogen-bond donors (Lipinski definition) is 1. The third-order valence-electron chi connectivity index (χ3n) is 4.98. The number of benzene rings is 3. The van der Waals surface area contributed by atoms with Gasteiger partial charge in [-0.2, -0.15) is 0 Å². The Kier molecular flexibility index (Phi) is 4.27. The second kappa shape index (κ2) is 6.73. The van der Waals surface area contributed by atoms with Crippen LogP contribution in [0, 0.1) is 6.92 Å². The summed E-state index contributed by atoms with van der Waals surface area (Å²) in [4.78, 5) is 26.5. The van der Waals surface area contributed by atoms with Gasteiger partial charge in [0, 0.05) is 5.56 Å². The van der Waals surface area contributed by atoms with Crippen LogP contribution >= 0.6 is 0 Å². The molecule has 0 radical (unpaired) electrons. The van der Waals surface area contributed by atoms with E-state index < -0.39 is 0 Å². The maximum atomic E-state index is 12.8. The van der Waals surface area contributed by atoms with E-state index in [9.17, 15) is 9.59 Å². The van der Waals surface area contributed by atoms with E-state index in [0.29, 0.717) is 12.2 Å². The fourth-order valence-corrected chi connectivity index (χ4v) is 3.54. The van der Waals surface area contributed by atoms with Gasteiger partial charge in [0.25, 0.3) is 5.91 Å². The van der Waals surface area contributed by atoms with Crippen LogP contribution in [0.15, 0.2) is 66.7 Å². The zero-order valence-electron chi connectivity index (χ0n) is 14.7. The van der Waals surface area contributed by atoms with Crippen molar-refractivity contribution in [1.82, 2.24) is 0 Å². The van der Waals surface area contributed by atoms with Gasteiger partial charge in [0.15, 0.2) is 6.04 Å². The van der Waals surface area contributed by atoms with Crippen molar-refractivity contribution in [2.75, 3.05) is 4.90 Å².